The second-order valence-corrected chi connectivity index (χ2v) is 6.94. The Morgan fingerprint density at radius 3 is 2.54 bits per heavy atom. The van der Waals surface area contributed by atoms with Crippen LogP contribution < -0.4 is 5.32 Å². The van der Waals surface area contributed by atoms with Gasteiger partial charge >= 0.3 is 0 Å². The van der Waals surface area contributed by atoms with Gasteiger partial charge in [-0.25, -0.2) is 4.99 Å². The number of carbonyl (C=O) groups excluding carboxylic acids is 1. The van der Waals surface area contributed by atoms with E-state index in [1.165, 1.54) is 11.8 Å². The summed E-state index contributed by atoms with van der Waals surface area (Å²) in [6, 6.07) is 13.1. The number of amides is 1. The summed E-state index contributed by atoms with van der Waals surface area (Å²) in [6.45, 7) is 2.07. The second-order valence-electron chi connectivity index (χ2n) is 5.10. The molecule has 1 amide bonds. The normalized spacial score (nSPS) is 17.5. The molecule has 24 heavy (non-hydrogen) atoms. The molecule has 6 heteroatoms. The van der Waals surface area contributed by atoms with E-state index in [1.807, 2.05) is 24.3 Å². The van der Waals surface area contributed by atoms with Crippen LogP contribution >= 0.6 is 35.0 Å². The molecule has 3 nitrogen and oxygen atoms in total. The van der Waals surface area contributed by atoms with Gasteiger partial charge in [-0.05, 0) is 48.0 Å². The maximum atomic E-state index is 12.2. The number of benzene rings is 2. The number of nitrogens with one attached hydrogen (secondary N) is 1. The van der Waals surface area contributed by atoms with Gasteiger partial charge in [0, 0.05) is 15.6 Å². The molecular formula is C18H14Cl2N2OS. The van der Waals surface area contributed by atoms with Crippen molar-refractivity contribution in [3.63, 3.8) is 0 Å². The summed E-state index contributed by atoms with van der Waals surface area (Å²) >= 11 is 13.6. The highest BCUT2D eigenvalue weighted by molar-refractivity contribution is 8.18. The zero-order valence-electron chi connectivity index (χ0n) is 12.8. The van der Waals surface area contributed by atoms with Crippen LogP contribution in [0.25, 0.3) is 6.08 Å². The third-order valence-corrected chi connectivity index (χ3v) is 5.09. The van der Waals surface area contributed by atoms with Crippen molar-refractivity contribution in [3.8, 4) is 0 Å². The monoisotopic (exact) mass is 376 g/mol. The van der Waals surface area contributed by atoms with Gasteiger partial charge in [0.25, 0.3) is 5.91 Å². The largest absolute Gasteiger partial charge is 0.300 e. The van der Waals surface area contributed by atoms with Crippen LogP contribution in [-0.4, -0.2) is 11.1 Å². The summed E-state index contributed by atoms with van der Waals surface area (Å²) < 4.78 is 0. The summed E-state index contributed by atoms with van der Waals surface area (Å²) in [5.41, 5.74) is 2.62. The SMILES string of the molecule is CCc1ccccc1N=C1NC(=O)/C(=C/c2c(Cl)cccc2Cl)S1. The minimum Gasteiger partial charge on any atom is -0.300 e. The van der Waals surface area contributed by atoms with E-state index in [0.717, 1.165) is 17.7 Å². The van der Waals surface area contributed by atoms with Gasteiger partial charge in [0.15, 0.2) is 5.17 Å². The number of nitrogens with zero attached hydrogens (tertiary/aromatic N) is 1. The molecule has 2 aromatic carbocycles. The van der Waals surface area contributed by atoms with Crippen molar-refractivity contribution in [1.82, 2.24) is 5.32 Å². The number of amidine groups is 1. The zero-order valence-corrected chi connectivity index (χ0v) is 15.2. The Bertz CT molecular complexity index is 842. The van der Waals surface area contributed by atoms with Crippen LogP contribution in [0.5, 0.6) is 0 Å². The van der Waals surface area contributed by atoms with Gasteiger partial charge in [-0.1, -0.05) is 54.4 Å². The molecule has 0 aromatic heterocycles. The maximum Gasteiger partial charge on any atom is 0.264 e. The van der Waals surface area contributed by atoms with E-state index in [-0.39, 0.29) is 5.91 Å². The number of halogens is 2. The number of hydrogen-bond acceptors (Lipinski definition) is 3. The van der Waals surface area contributed by atoms with Gasteiger partial charge in [-0.2, -0.15) is 0 Å². The zero-order chi connectivity index (χ0) is 17.1. The molecular weight excluding hydrogens is 363 g/mol. The Hall–Kier alpha value is -1.75. The lowest BCUT2D eigenvalue weighted by atomic mass is 10.1. The van der Waals surface area contributed by atoms with Crippen LogP contribution in [0.2, 0.25) is 10.0 Å². The topological polar surface area (TPSA) is 41.5 Å². The highest BCUT2D eigenvalue weighted by atomic mass is 35.5. The second kappa shape index (κ2) is 7.43. The lowest BCUT2D eigenvalue weighted by molar-refractivity contribution is -0.115. The Balaban J connectivity index is 1.91. The molecule has 1 N–H and O–H groups in total. The van der Waals surface area contributed by atoms with Crippen molar-refractivity contribution >= 4 is 57.8 Å². The first-order valence-electron chi connectivity index (χ1n) is 7.40. The first-order chi connectivity index (χ1) is 11.6. The number of para-hydroxylation sites is 1. The van der Waals surface area contributed by atoms with Crippen LogP contribution in [0.15, 0.2) is 52.4 Å². The van der Waals surface area contributed by atoms with Crippen LogP contribution in [0.4, 0.5) is 5.69 Å². The first kappa shape index (κ1) is 17.1. The smallest absolute Gasteiger partial charge is 0.264 e. The van der Waals surface area contributed by atoms with Gasteiger partial charge < -0.3 is 5.32 Å². The lowest BCUT2D eigenvalue weighted by Gasteiger charge is -2.02. The molecule has 1 heterocycles. The van der Waals surface area contributed by atoms with Gasteiger partial charge in [0.05, 0.1) is 10.6 Å². The number of hydrogen-bond donors (Lipinski definition) is 1. The molecule has 0 unspecified atom stereocenters. The molecule has 0 spiro atoms. The molecule has 2 aromatic rings. The Morgan fingerprint density at radius 1 is 1.12 bits per heavy atom. The van der Waals surface area contributed by atoms with Gasteiger partial charge in [0.2, 0.25) is 0 Å². The molecule has 0 radical (unpaired) electrons. The molecule has 1 fully saturated rings. The first-order valence-corrected chi connectivity index (χ1v) is 8.97. The van der Waals surface area contributed by atoms with Gasteiger partial charge in [-0.15, -0.1) is 0 Å². The molecule has 122 valence electrons. The molecule has 0 saturated carbocycles. The molecule has 0 bridgehead atoms. The Labute approximate surface area is 154 Å². The minimum absolute atomic E-state index is 0.205. The Morgan fingerprint density at radius 2 is 1.83 bits per heavy atom. The number of aliphatic imine (C=N–C) groups is 1. The molecule has 0 aliphatic carbocycles. The molecule has 1 aliphatic heterocycles. The van der Waals surface area contributed by atoms with Crippen LogP contribution in [0, 0.1) is 0 Å². The van der Waals surface area contributed by atoms with E-state index < -0.39 is 0 Å². The average Bonchev–Trinajstić information content (AvgIpc) is 2.91. The number of carbonyl (C=O) groups is 1. The van der Waals surface area contributed by atoms with Crippen molar-refractivity contribution < 1.29 is 4.79 Å². The fraction of sp³-hybridized carbons (Fsp3) is 0.111. The molecule has 1 saturated heterocycles. The van der Waals surface area contributed by atoms with E-state index in [9.17, 15) is 4.79 Å². The van der Waals surface area contributed by atoms with E-state index >= 15 is 0 Å². The average molecular weight is 377 g/mol. The summed E-state index contributed by atoms with van der Waals surface area (Å²) in [6.07, 6.45) is 2.57. The van der Waals surface area contributed by atoms with Crippen LogP contribution in [0.1, 0.15) is 18.1 Å². The standard InChI is InChI=1S/C18H14Cl2N2OS/c1-2-11-6-3-4-9-15(11)21-18-22-17(23)16(24-18)10-12-13(19)7-5-8-14(12)20/h3-10H,2H2,1H3,(H,21,22,23)/b16-10-. The van der Waals surface area contributed by atoms with Crippen LogP contribution in [0.3, 0.4) is 0 Å². The summed E-state index contributed by atoms with van der Waals surface area (Å²) in [4.78, 5) is 17.3. The van der Waals surface area contributed by atoms with E-state index in [4.69, 9.17) is 23.2 Å². The van der Waals surface area contributed by atoms with Crippen LogP contribution in [-0.2, 0) is 11.2 Å². The fourth-order valence-corrected chi connectivity index (χ4v) is 3.61. The fourth-order valence-electron chi connectivity index (χ4n) is 2.29. The molecule has 0 atom stereocenters. The molecule has 3 rings (SSSR count). The predicted molar refractivity (Wildman–Crippen MR) is 103 cm³/mol. The van der Waals surface area contributed by atoms with Crippen molar-refractivity contribution in [1.29, 1.82) is 0 Å². The highest BCUT2D eigenvalue weighted by Gasteiger charge is 2.24. The van der Waals surface area contributed by atoms with Gasteiger partial charge in [0.1, 0.15) is 0 Å². The number of rotatable bonds is 3. The Kier molecular flexibility index (Phi) is 5.29. The van der Waals surface area contributed by atoms with E-state index in [2.05, 4.69) is 17.2 Å². The van der Waals surface area contributed by atoms with Crippen molar-refractivity contribution in [3.05, 3.63) is 68.5 Å². The lowest BCUT2D eigenvalue weighted by Crippen LogP contribution is -2.19. The van der Waals surface area contributed by atoms with Crippen molar-refractivity contribution in [2.24, 2.45) is 4.99 Å². The third kappa shape index (κ3) is 3.66. The molecule has 1 aliphatic rings. The number of aryl methyl sites for hydroxylation is 1. The predicted octanol–water partition coefficient (Wildman–Crippen LogP) is 5.45. The van der Waals surface area contributed by atoms with E-state index in [1.54, 1.807) is 24.3 Å². The maximum absolute atomic E-state index is 12.2. The highest BCUT2D eigenvalue weighted by Crippen LogP contribution is 2.33. The minimum atomic E-state index is -0.205. The van der Waals surface area contributed by atoms with Crippen molar-refractivity contribution in [2.75, 3.05) is 0 Å². The summed E-state index contributed by atoms with van der Waals surface area (Å²) in [7, 11) is 0. The third-order valence-electron chi connectivity index (χ3n) is 3.52. The number of thioether (sulfide) groups is 1. The quantitative estimate of drug-likeness (QED) is 0.723. The summed E-state index contributed by atoms with van der Waals surface area (Å²) in [5.74, 6) is -0.205. The van der Waals surface area contributed by atoms with Gasteiger partial charge in [-0.3, -0.25) is 4.79 Å². The van der Waals surface area contributed by atoms with E-state index in [0.29, 0.717) is 25.7 Å². The summed E-state index contributed by atoms with van der Waals surface area (Å²) in [5, 5.41) is 4.34. The van der Waals surface area contributed by atoms with Crippen molar-refractivity contribution in [2.45, 2.75) is 13.3 Å².